The molecular weight excluding hydrogens is 265 g/mol. The number of likely N-dealkylation sites (tertiary alicyclic amines) is 1. The van der Waals surface area contributed by atoms with Crippen molar-refractivity contribution in [3.63, 3.8) is 0 Å². The summed E-state index contributed by atoms with van der Waals surface area (Å²) in [5.74, 6) is -0.271. The molecule has 21 heavy (non-hydrogen) atoms. The van der Waals surface area contributed by atoms with Crippen LogP contribution in [-0.2, 0) is 0 Å². The maximum absolute atomic E-state index is 13.1. The van der Waals surface area contributed by atoms with E-state index in [1.807, 2.05) is 30.3 Å². The first kappa shape index (κ1) is 14.0. The van der Waals surface area contributed by atoms with Crippen LogP contribution in [0.3, 0.4) is 0 Å². The minimum Gasteiger partial charge on any atom is -0.292 e. The molecule has 0 amide bonds. The summed E-state index contributed by atoms with van der Waals surface area (Å²) in [6.45, 7) is 1.87. The lowest BCUT2D eigenvalue weighted by Gasteiger charge is -2.26. The molecule has 1 heterocycles. The van der Waals surface area contributed by atoms with Gasteiger partial charge in [-0.1, -0.05) is 30.3 Å². The number of halogens is 1. The van der Waals surface area contributed by atoms with E-state index in [2.05, 4.69) is 4.90 Å². The van der Waals surface area contributed by atoms with Crippen LogP contribution in [0.4, 0.5) is 4.39 Å². The van der Waals surface area contributed by atoms with Gasteiger partial charge in [-0.2, -0.15) is 0 Å². The van der Waals surface area contributed by atoms with E-state index in [0.717, 1.165) is 31.5 Å². The predicted molar refractivity (Wildman–Crippen MR) is 80.7 cm³/mol. The Bertz CT molecular complexity index is 603. The van der Waals surface area contributed by atoms with Gasteiger partial charge in [-0.15, -0.1) is 0 Å². The number of ketones is 1. The lowest BCUT2D eigenvalue weighted by Crippen LogP contribution is -2.32. The lowest BCUT2D eigenvalue weighted by molar-refractivity contribution is 0.0848. The fourth-order valence-corrected chi connectivity index (χ4v) is 2.94. The number of hydrogen-bond donors (Lipinski definition) is 0. The molecule has 0 N–H and O–H groups in total. The summed E-state index contributed by atoms with van der Waals surface area (Å²) in [6, 6.07) is 15.4. The zero-order valence-electron chi connectivity index (χ0n) is 11.8. The highest BCUT2D eigenvalue weighted by molar-refractivity contribution is 6.00. The van der Waals surface area contributed by atoms with Crippen molar-refractivity contribution in [2.24, 2.45) is 0 Å². The van der Waals surface area contributed by atoms with Gasteiger partial charge in [0.2, 0.25) is 0 Å². The molecule has 2 aromatic carbocycles. The quantitative estimate of drug-likeness (QED) is 0.794. The number of Topliss-reactive ketones (excluding diaryl/α,β-unsaturated/α-hetero) is 1. The molecule has 0 bridgehead atoms. The molecule has 0 aliphatic carbocycles. The van der Waals surface area contributed by atoms with Crippen molar-refractivity contribution in [2.45, 2.75) is 18.9 Å². The standard InChI is InChI=1S/C18H18FNO/c19-16-10-8-15(9-11-16)18(21)17(20-12-4-5-13-20)14-6-2-1-3-7-14/h1-3,6-11,17H,4-5,12-13H2. The summed E-state index contributed by atoms with van der Waals surface area (Å²) < 4.78 is 13.1. The molecule has 3 heteroatoms. The molecule has 0 aromatic heterocycles. The maximum Gasteiger partial charge on any atom is 0.184 e. The Balaban J connectivity index is 1.94. The second-order valence-corrected chi connectivity index (χ2v) is 5.43. The van der Waals surface area contributed by atoms with Gasteiger partial charge in [0.1, 0.15) is 5.82 Å². The summed E-state index contributed by atoms with van der Waals surface area (Å²) in [5.41, 5.74) is 1.57. The zero-order valence-corrected chi connectivity index (χ0v) is 11.8. The number of nitrogens with zero attached hydrogens (tertiary/aromatic N) is 1. The molecular formula is C18H18FNO. The average Bonchev–Trinajstić information content (AvgIpc) is 3.03. The summed E-state index contributed by atoms with van der Waals surface area (Å²) in [7, 11) is 0. The van der Waals surface area contributed by atoms with Crippen LogP contribution in [0.25, 0.3) is 0 Å². The van der Waals surface area contributed by atoms with E-state index in [9.17, 15) is 9.18 Å². The van der Waals surface area contributed by atoms with E-state index in [0.29, 0.717) is 5.56 Å². The van der Waals surface area contributed by atoms with Gasteiger partial charge in [-0.05, 0) is 55.8 Å². The van der Waals surface area contributed by atoms with Gasteiger partial charge in [0.15, 0.2) is 5.78 Å². The number of rotatable bonds is 4. The fourth-order valence-electron chi connectivity index (χ4n) is 2.94. The Morgan fingerprint density at radius 1 is 0.952 bits per heavy atom. The van der Waals surface area contributed by atoms with E-state index in [4.69, 9.17) is 0 Å². The van der Waals surface area contributed by atoms with Crippen LogP contribution in [0.1, 0.15) is 34.8 Å². The van der Waals surface area contributed by atoms with E-state index in [-0.39, 0.29) is 17.6 Å². The highest BCUT2D eigenvalue weighted by Gasteiger charge is 2.30. The highest BCUT2D eigenvalue weighted by atomic mass is 19.1. The van der Waals surface area contributed by atoms with Crippen molar-refractivity contribution in [3.8, 4) is 0 Å². The Morgan fingerprint density at radius 3 is 2.19 bits per heavy atom. The molecule has 2 aromatic rings. The normalized spacial score (nSPS) is 16.8. The average molecular weight is 283 g/mol. The number of carbonyl (C=O) groups is 1. The Kier molecular flexibility index (Phi) is 4.11. The zero-order chi connectivity index (χ0) is 14.7. The summed E-state index contributed by atoms with van der Waals surface area (Å²) in [4.78, 5) is 15.1. The molecule has 108 valence electrons. The topological polar surface area (TPSA) is 20.3 Å². The van der Waals surface area contributed by atoms with Gasteiger partial charge in [-0.25, -0.2) is 4.39 Å². The van der Waals surface area contributed by atoms with Gasteiger partial charge >= 0.3 is 0 Å². The van der Waals surface area contributed by atoms with Gasteiger partial charge in [0, 0.05) is 5.56 Å². The number of carbonyl (C=O) groups excluding carboxylic acids is 1. The van der Waals surface area contributed by atoms with Gasteiger partial charge in [0.25, 0.3) is 0 Å². The SMILES string of the molecule is O=C(c1ccc(F)cc1)C(c1ccccc1)N1CCCC1. The molecule has 1 fully saturated rings. The van der Waals surface area contributed by atoms with Crippen molar-refractivity contribution >= 4 is 5.78 Å². The van der Waals surface area contributed by atoms with Gasteiger partial charge in [0.05, 0.1) is 6.04 Å². The monoisotopic (exact) mass is 283 g/mol. The number of hydrogen-bond acceptors (Lipinski definition) is 2. The Labute approximate surface area is 124 Å². The van der Waals surface area contributed by atoms with E-state index in [1.54, 1.807) is 12.1 Å². The first-order valence-electron chi connectivity index (χ1n) is 7.34. The molecule has 0 radical (unpaired) electrons. The van der Waals surface area contributed by atoms with Crippen LogP contribution < -0.4 is 0 Å². The summed E-state index contributed by atoms with van der Waals surface area (Å²) in [6.07, 6.45) is 2.25. The van der Waals surface area contributed by atoms with Crippen molar-refractivity contribution in [1.29, 1.82) is 0 Å². The van der Waals surface area contributed by atoms with Crippen molar-refractivity contribution in [3.05, 3.63) is 71.5 Å². The van der Waals surface area contributed by atoms with E-state index >= 15 is 0 Å². The highest BCUT2D eigenvalue weighted by Crippen LogP contribution is 2.28. The van der Waals surface area contributed by atoms with Crippen molar-refractivity contribution in [1.82, 2.24) is 4.90 Å². The van der Waals surface area contributed by atoms with Crippen LogP contribution in [0.5, 0.6) is 0 Å². The van der Waals surface area contributed by atoms with E-state index in [1.165, 1.54) is 12.1 Å². The largest absolute Gasteiger partial charge is 0.292 e. The Morgan fingerprint density at radius 2 is 1.57 bits per heavy atom. The first-order chi connectivity index (χ1) is 10.3. The molecule has 0 spiro atoms. The van der Waals surface area contributed by atoms with Crippen LogP contribution in [0, 0.1) is 5.82 Å². The predicted octanol–water partition coefficient (Wildman–Crippen LogP) is 3.85. The summed E-state index contributed by atoms with van der Waals surface area (Å²) in [5, 5.41) is 0. The molecule has 0 saturated carbocycles. The van der Waals surface area contributed by atoms with Crippen LogP contribution in [0.15, 0.2) is 54.6 Å². The van der Waals surface area contributed by atoms with Crippen LogP contribution in [-0.4, -0.2) is 23.8 Å². The van der Waals surface area contributed by atoms with Crippen molar-refractivity contribution < 1.29 is 9.18 Å². The fraction of sp³-hybridized carbons (Fsp3) is 0.278. The molecule has 1 saturated heterocycles. The van der Waals surface area contributed by atoms with Gasteiger partial charge < -0.3 is 0 Å². The smallest absolute Gasteiger partial charge is 0.184 e. The minimum absolute atomic E-state index is 0.0445. The third-order valence-corrected chi connectivity index (χ3v) is 4.00. The second-order valence-electron chi connectivity index (χ2n) is 5.43. The molecule has 1 aliphatic heterocycles. The summed E-state index contributed by atoms with van der Waals surface area (Å²) >= 11 is 0. The maximum atomic E-state index is 13.1. The van der Waals surface area contributed by atoms with Crippen LogP contribution in [0.2, 0.25) is 0 Å². The number of benzene rings is 2. The Hall–Kier alpha value is -2.00. The lowest BCUT2D eigenvalue weighted by atomic mass is 9.96. The minimum atomic E-state index is -0.316. The third-order valence-electron chi connectivity index (χ3n) is 4.00. The van der Waals surface area contributed by atoms with E-state index < -0.39 is 0 Å². The molecule has 1 aliphatic rings. The first-order valence-corrected chi connectivity index (χ1v) is 7.34. The molecule has 3 rings (SSSR count). The molecule has 1 atom stereocenters. The second kappa shape index (κ2) is 6.19. The molecule has 1 unspecified atom stereocenters. The molecule has 2 nitrogen and oxygen atoms in total. The third kappa shape index (κ3) is 3.03. The van der Waals surface area contributed by atoms with Crippen molar-refractivity contribution in [2.75, 3.05) is 13.1 Å². The van der Waals surface area contributed by atoms with Gasteiger partial charge in [-0.3, -0.25) is 9.69 Å². The van der Waals surface area contributed by atoms with Crippen LogP contribution >= 0.6 is 0 Å².